The molecule has 118 valence electrons. The predicted molar refractivity (Wildman–Crippen MR) is 86.9 cm³/mol. The van der Waals surface area contributed by atoms with E-state index in [1.165, 1.54) is 0 Å². The molecule has 21 heavy (non-hydrogen) atoms. The fourth-order valence-electron chi connectivity index (χ4n) is 1.98. The molecule has 4 nitrogen and oxygen atoms in total. The molecule has 0 saturated heterocycles. The second kappa shape index (κ2) is 8.78. The van der Waals surface area contributed by atoms with Gasteiger partial charge in [0.1, 0.15) is 5.69 Å². The van der Waals surface area contributed by atoms with Gasteiger partial charge in [0.2, 0.25) is 0 Å². The average Bonchev–Trinajstić information content (AvgIpc) is 2.46. The zero-order valence-corrected chi connectivity index (χ0v) is 13.8. The summed E-state index contributed by atoms with van der Waals surface area (Å²) in [6.07, 6.45) is 3.73. The van der Waals surface area contributed by atoms with E-state index in [-0.39, 0.29) is 5.91 Å². The van der Waals surface area contributed by atoms with Crippen LogP contribution in [0.3, 0.4) is 0 Å². The Kier molecular flexibility index (Phi) is 7.37. The van der Waals surface area contributed by atoms with Crippen LogP contribution >= 0.6 is 0 Å². The SMILES string of the molecule is CC(C)CCN(CCC(C)C)C(=O)c1ccc(CN)cn1. The summed E-state index contributed by atoms with van der Waals surface area (Å²) in [5, 5.41) is 0. The van der Waals surface area contributed by atoms with Gasteiger partial charge in [-0.25, -0.2) is 0 Å². The minimum Gasteiger partial charge on any atom is -0.337 e. The smallest absolute Gasteiger partial charge is 0.272 e. The van der Waals surface area contributed by atoms with Crippen LogP contribution in [0.25, 0.3) is 0 Å². The number of carbonyl (C=O) groups excluding carboxylic acids is 1. The fraction of sp³-hybridized carbons (Fsp3) is 0.647. The van der Waals surface area contributed by atoms with Gasteiger partial charge in [0.25, 0.3) is 5.91 Å². The molecular formula is C17H29N3O. The van der Waals surface area contributed by atoms with E-state index in [2.05, 4.69) is 32.7 Å². The standard InChI is InChI=1S/C17H29N3O/c1-13(2)7-9-20(10-8-14(3)4)17(21)16-6-5-15(11-18)12-19-16/h5-6,12-14H,7-11,18H2,1-4H3. The van der Waals surface area contributed by atoms with Crippen LogP contribution < -0.4 is 5.73 Å². The zero-order chi connectivity index (χ0) is 15.8. The van der Waals surface area contributed by atoms with Crippen molar-refractivity contribution in [3.63, 3.8) is 0 Å². The summed E-state index contributed by atoms with van der Waals surface area (Å²) >= 11 is 0. The Bertz CT molecular complexity index is 414. The van der Waals surface area contributed by atoms with Crippen molar-refractivity contribution < 1.29 is 4.79 Å². The van der Waals surface area contributed by atoms with E-state index in [1.54, 1.807) is 12.3 Å². The maximum absolute atomic E-state index is 12.6. The van der Waals surface area contributed by atoms with E-state index in [4.69, 9.17) is 5.73 Å². The average molecular weight is 291 g/mol. The Balaban J connectivity index is 2.75. The van der Waals surface area contributed by atoms with E-state index in [1.807, 2.05) is 11.0 Å². The van der Waals surface area contributed by atoms with E-state index in [0.717, 1.165) is 31.5 Å². The number of nitrogens with two attached hydrogens (primary N) is 1. The molecule has 0 fully saturated rings. The Labute approximate surface area is 128 Å². The first kappa shape index (κ1) is 17.6. The number of carbonyl (C=O) groups is 1. The van der Waals surface area contributed by atoms with E-state index >= 15 is 0 Å². The molecule has 1 amide bonds. The Morgan fingerprint density at radius 1 is 1.14 bits per heavy atom. The van der Waals surface area contributed by atoms with Crippen molar-refractivity contribution in [3.8, 4) is 0 Å². The van der Waals surface area contributed by atoms with Gasteiger partial charge in [-0.3, -0.25) is 9.78 Å². The highest BCUT2D eigenvalue weighted by atomic mass is 16.2. The molecule has 0 aliphatic rings. The van der Waals surface area contributed by atoms with Crippen molar-refractivity contribution in [3.05, 3.63) is 29.6 Å². The summed E-state index contributed by atoms with van der Waals surface area (Å²) in [5.41, 5.74) is 7.02. The quantitative estimate of drug-likeness (QED) is 0.800. The van der Waals surface area contributed by atoms with Crippen molar-refractivity contribution in [2.24, 2.45) is 17.6 Å². The zero-order valence-electron chi connectivity index (χ0n) is 13.8. The minimum absolute atomic E-state index is 0.0277. The second-order valence-corrected chi connectivity index (χ2v) is 6.41. The van der Waals surface area contributed by atoms with Crippen molar-refractivity contribution in [1.29, 1.82) is 0 Å². The van der Waals surface area contributed by atoms with Crippen molar-refractivity contribution in [2.75, 3.05) is 13.1 Å². The molecule has 1 aromatic heterocycles. The van der Waals surface area contributed by atoms with Crippen LogP contribution in [0.5, 0.6) is 0 Å². The lowest BCUT2D eigenvalue weighted by Crippen LogP contribution is -2.34. The Morgan fingerprint density at radius 2 is 1.71 bits per heavy atom. The van der Waals surface area contributed by atoms with Gasteiger partial charge < -0.3 is 10.6 Å². The topological polar surface area (TPSA) is 59.2 Å². The molecule has 1 rings (SSSR count). The lowest BCUT2D eigenvalue weighted by Gasteiger charge is -2.24. The number of rotatable bonds is 8. The van der Waals surface area contributed by atoms with Crippen molar-refractivity contribution in [2.45, 2.75) is 47.1 Å². The summed E-state index contributed by atoms with van der Waals surface area (Å²) in [6.45, 7) is 10.8. The van der Waals surface area contributed by atoms with Gasteiger partial charge in [0.15, 0.2) is 0 Å². The summed E-state index contributed by atoms with van der Waals surface area (Å²) < 4.78 is 0. The van der Waals surface area contributed by atoms with Crippen LogP contribution in [0, 0.1) is 11.8 Å². The monoisotopic (exact) mass is 291 g/mol. The molecule has 1 heterocycles. The lowest BCUT2D eigenvalue weighted by molar-refractivity contribution is 0.0735. The molecule has 1 aromatic rings. The third-order valence-electron chi connectivity index (χ3n) is 3.52. The first-order valence-electron chi connectivity index (χ1n) is 7.88. The van der Waals surface area contributed by atoms with Gasteiger partial charge >= 0.3 is 0 Å². The molecule has 0 atom stereocenters. The molecule has 0 aliphatic heterocycles. The molecule has 0 saturated carbocycles. The van der Waals surface area contributed by atoms with Gasteiger partial charge in [-0.05, 0) is 36.3 Å². The van der Waals surface area contributed by atoms with Crippen LogP contribution in [-0.2, 0) is 6.54 Å². The number of amides is 1. The van der Waals surface area contributed by atoms with Crippen LogP contribution in [0.2, 0.25) is 0 Å². The maximum atomic E-state index is 12.6. The van der Waals surface area contributed by atoms with Crippen LogP contribution in [0.15, 0.2) is 18.3 Å². The third kappa shape index (κ3) is 6.25. The summed E-state index contributed by atoms with van der Waals surface area (Å²) in [4.78, 5) is 18.8. The fourth-order valence-corrected chi connectivity index (χ4v) is 1.98. The summed E-state index contributed by atoms with van der Waals surface area (Å²) in [7, 11) is 0. The van der Waals surface area contributed by atoms with Gasteiger partial charge in [0.05, 0.1) is 0 Å². The van der Waals surface area contributed by atoms with E-state index < -0.39 is 0 Å². The number of hydrogen-bond donors (Lipinski definition) is 1. The summed E-state index contributed by atoms with van der Waals surface area (Å²) in [6, 6.07) is 3.66. The van der Waals surface area contributed by atoms with Gasteiger partial charge in [-0.15, -0.1) is 0 Å². The largest absolute Gasteiger partial charge is 0.337 e. The number of aromatic nitrogens is 1. The van der Waals surface area contributed by atoms with Gasteiger partial charge in [0, 0.05) is 25.8 Å². The Hall–Kier alpha value is -1.42. The molecule has 0 bridgehead atoms. The molecule has 4 heteroatoms. The molecule has 0 radical (unpaired) electrons. The number of pyridine rings is 1. The Morgan fingerprint density at radius 3 is 2.10 bits per heavy atom. The minimum atomic E-state index is 0.0277. The van der Waals surface area contributed by atoms with Crippen LogP contribution in [0.1, 0.15) is 56.6 Å². The molecule has 0 aliphatic carbocycles. The molecule has 0 spiro atoms. The third-order valence-corrected chi connectivity index (χ3v) is 3.52. The molecule has 2 N–H and O–H groups in total. The lowest BCUT2D eigenvalue weighted by atomic mass is 10.1. The molecule has 0 unspecified atom stereocenters. The first-order valence-corrected chi connectivity index (χ1v) is 7.88. The van der Waals surface area contributed by atoms with Gasteiger partial charge in [-0.2, -0.15) is 0 Å². The number of nitrogens with zero attached hydrogens (tertiary/aromatic N) is 2. The highest BCUT2D eigenvalue weighted by Crippen LogP contribution is 2.10. The van der Waals surface area contributed by atoms with Gasteiger partial charge in [-0.1, -0.05) is 33.8 Å². The van der Waals surface area contributed by atoms with E-state index in [0.29, 0.717) is 24.1 Å². The number of hydrogen-bond acceptors (Lipinski definition) is 3. The predicted octanol–water partition coefficient (Wildman–Crippen LogP) is 3.07. The van der Waals surface area contributed by atoms with E-state index in [9.17, 15) is 4.79 Å². The molecular weight excluding hydrogens is 262 g/mol. The molecule has 0 aromatic carbocycles. The highest BCUT2D eigenvalue weighted by molar-refractivity contribution is 5.92. The second-order valence-electron chi connectivity index (χ2n) is 6.41. The van der Waals surface area contributed by atoms with Crippen molar-refractivity contribution >= 4 is 5.91 Å². The maximum Gasteiger partial charge on any atom is 0.272 e. The highest BCUT2D eigenvalue weighted by Gasteiger charge is 2.17. The summed E-state index contributed by atoms with van der Waals surface area (Å²) in [5.74, 6) is 1.21. The first-order chi connectivity index (χ1) is 9.93. The van der Waals surface area contributed by atoms with Crippen LogP contribution in [0.4, 0.5) is 0 Å². The van der Waals surface area contributed by atoms with Crippen molar-refractivity contribution in [1.82, 2.24) is 9.88 Å². The normalized spacial score (nSPS) is 11.2. The van der Waals surface area contributed by atoms with Crippen LogP contribution in [-0.4, -0.2) is 28.9 Å².